The molecule has 1 aromatic carbocycles. The van der Waals surface area contributed by atoms with Gasteiger partial charge in [-0.15, -0.1) is 0 Å². The third-order valence-electron chi connectivity index (χ3n) is 3.44. The lowest BCUT2D eigenvalue weighted by Crippen LogP contribution is -2.34. The highest BCUT2D eigenvalue weighted by Crippen LogP contribution is 2.32. The van der Waals surface area contributed by atoms with Gasteiger partial charge < -0.3 is 11.1 Å². The Morgan fingerprint density at radius 2 is 2.11 bits per heavy atom. The number of nitrogen functional groups attached to an aromatic ring is 1. The number of benzene rings is 1. The Bertz CT molecular complexity index is 428. The van der Waals surface area contributed by atoms with Crippen LogP contribution in [0.15, 0.2) is 16.6 Å². The van der Waals surface area contributed by atoms with Gasteiger partial charge in [0.15, 0.2) is 0 Å². The van der Waals surface area contributed by atoms with Gasteiger partial charge >= 0.3 is 0 Å². The van der Waals surface area contributed by atoms with Gasteiger partial charge in [-0.2, -0.15) is 11.8 Å². The summed E-state index contributed by atoms with van der Waals surface area (Å²) in [6.07, 6.45) is 7.00. The predicted octanol–water partition coefficient (Wildman–Crippen LogP) is 4.26. The molecule has 0 radical (unpaired) electrons. The van der Waals surface area contributed by atoms with Gasteiger partial charge in [0.05, 0.1) is 15.8 Å². The molecule has 0 bridgehead atoms. The van der Waals surface area contributed by atoms with E-state index >= 15 is 0 Å². The van der Waals surface area contributed by atoms with Crippen LogP contribution in [0.1, 0.15) is 25.7 Å². The second kappa shape index (κ2) is 6.15. The molecule has 2 unspecified atom stereocenters. The second-order valence-corrected chi connectivity index (χ2v) is 6.59. The number of hydrogen-bond donors (Lipinski definition) is 2. The van der Waals surface area contributed by atoms with Crippen molar-refractivity contribution in [1.82, 2.24) is 0 Å². The number of nitrogens with one attached hydrogen (secondary N) is 1. The minimum atomic E-state index is -0.275. The molecule has 2 atom stereocenters. The van der Waals surface area contributed by atoms with Crippen LogP contribution in [0.3, 0.4) is 0 Å². The van der Waals surface area contributed by atoms with E-state index in [2.05, 4.69) is 27.5 Å². The van der Waals surface area contributed by atoms with Crippen LogP contribution in [-0.4, -0.2) is 17.5 Å². The van der Waals surface area contributed by atoms with Crippen LogP contribution in [0.25, 0.3) is 0 Å². The van der Waals surface area contributed by atoms with Crippen LogP contribution in [-0.2, 0) is 0 Å². The van der Waals surface area contributed by atoms with Crippen molar-refractivity contribution in [2.45, 2.75) is 37.0 Å². The number of nitrogens with two attached hydrogens (primary N) is 1. The van der Waals surface area contributed by atoms with Gasteiger partial charge in [-0.1, -0.05) is 12.8 Å². The summed E-state index contributed by atoms with van der Waals surface area (Å²) in [6, 6.07) is 3.48. The van der Waals surface area contributed by atoms with Crippen LogP contribution in [0.5, 0.6) is 0 Å². The Kier molecular flexibility index (Phi) is 4.78. The first-order chi connectivity index (χ1) is 8.61. The van der Waals surface area contributed by atoms with E-state index in [9.17, 15) is 4.39 Å². The fourth-order valence-corrected chi connectivity index (χ4v) is 3.73. The zero-order chi connectivity index (χ0) is 13.1. The highest BCUT2D eigenvalue weighted by Gasteiger charge is 2.24. The topological polar surface area (TPSA) is 38.0 Å². The van der Waals surface area contributed by atoms with Crippen LogP contribution in [0, 0.1) is 5.82 Å². The van der Waals surface area contributed by atoms with Crippen molar-refractivity contribution in [3.05, 3.63) is 22.4 Å². The van der Waals surface area contributed by atoms with E-state index in [1.54, 1.807) is 6.07 Å². The molecule has 5 heteroatoms. The Balaban J connectivity index is 2.15. The van der Waals surface area contributed by atoms with Gasteiger partial charge in [0.1, 0.15) is 5.82 Å². The van der Waals surface area contributed by atoms with Crippen molar-refractivity contribution < 1.29 is 4.39 Å². The van der Waals surface area contributed by atoms with Gasteiger partial charge in [-0.05, 0) is 41.1 Å². The number of anilines is 2. The molecule has 1 aliphatic carbocycles. The summed E-state index contributed by atoms with van der Waals surface area (Å²) in [5.74, 6) is -0.275. The zero-order valence-corrected chi connectivity index (χ0v) is 12.8. The van der Waals surface area contributed by atoms with Gasteiger partial charge in [0.25, 0.3) is 0 Å². The van der Waals surface area contributed by atoms with E-state index in [-0.39, 0.29) is 5.82 Å². The molecule has 18 heavy (non-hydrogen) atoms. The molecule has 1 fully saturated rings. The summed E-state index contributed by atoms with van der Waals surface area (Å²) in [6.45, 7) is 0. The average Bonchev–Trinajstić information content (AvgIpc) is 2.36. The molecule has 0 spiro atoms. The van der Waals surface area contributed by atoms with Gasteiger partial charge in [-0.3, -0.25) is 0 Å². The number of thioether (sulfide) groups is 1. The summed E-state index contributed by atoms with van der Waals surface area (Å²) >= 11 is 5.02. The van der Waals surface area contributed by atoms with E-state index in [0.717, 1.165) is 6.42 Å². The zero-order valence-electron chi connectivity index (χ0n) is 10.4. The van der Waals surface area contributed by atoms with Crippen molar-refractivity contribution >= 4 is 39.1 Å². The lowest BCUT2D eigenvalue weighted by atomic mass is 9.94. The molecule has 2 rings (SSSR count). The highest BCUT2D eigenvalue weighted by atomic mass is 79.9. The molecule has 0 saturated heterocycles. The number of rotatable bonds is 3. The number of halogens is 2. The Morgan fingerprint density at radius 1 is 1.39 bits per heavy atom. The number of hydrogen-bond acceptors (Lipinski definition) is 3. The van der Waals surface area contributed by atoms with Crippen LogP contribution in [0.2, 0.25) is 0 Å². The van der Waals surface area contributed by atoms with Crippen molar-refractivity contribution in [1.29, 1.82) is 0 Å². The summed E-state index contributed by atoms with van der Waals surface area (Å²) in [5, 5.41) is 4.00. The maximum Gasteiger partial charge on any atom is 0.139 e. The molecule has 0 aromatic heterocycles. The lowest BCUT2D eigenvalue weighted by molar-refractivity contribution is 0.475. The Hall–Kier alpha value is -0.420. The van der Waals surface area contributed by atoms with Crippen LogP contribution in [0.4, 0.5) is 15.8 Å². The minimum Gasteiger partial charge on any atom is -0.397 e. The second-order valence-electron chi connectivity index (χ2n) is 4.66. The molecule has 0 amide bonds. The monoisotopic (exact) mass is 332 g/mol. The van der Waals surface area contributed by atoms with Crippen molar-refractivity contribution in [2.24, 2.45) is 0 Å². The van der Waals surface area contributed by atoms with Crippen molar-refractivity contribution in [2.75, 3.05) is 17.3 Å². The molecule has 1 aromatic rings. The van der Waals surface area contributed by atoms with E-state index in [1.807, 2.05) is 11.8 Å². The predicted molar refractivity (Wildman–Crippen MR) is 81.7 cm³/mol. The highest BCUT2D eigenvalue weighted by molar-refractivity contribution is 9.10. The normalized spacial score (nSPS) is 23.9. The standard InChI is InChI=1S/C13H18BrFN2S/c1-18-13-5-3-2-4-11(13)17-12-7-9(15)8(14)6-10(12)16/h6-7,11,13,17H,2-5,16H2,1H3. The van der Waals surface area contributed by atoms with E-state index in [0.29, 0.717) is 27.1 Å². The van der Waals surface area contributed by atoms with E-state index in [1.165, 1.54) is 25.3 Å². The van der Waals surface area contributed by atoms with Crippen LogP contribution >= 0.6 is 27.7 Å². The minimum absolute atomic E-state index is 0.275. The van der Waals surface area contributed by atoms with E-state index in [4.69, 9.17) is 5.73 Å². The summed E-state index contributed by atoms with van der Waals surface area (Å²) in [4.78, 5) is 0. The summed E-state index contributed by atoms with van der Waals surface area (Å²) in [5.41, 5.74) is 7.23. The van der Waals surface area contributed by atoms with Gasteiger partial charge in [0.2, 0.25) is 0 Å². The Labute approximate surface area is 120 Å². The first kappa shape index (κ1) is 14.0. The first-order valence-electron chi connectivity index (χ1n) is 6.15. The maximum absolute atomic E-state index is 13.5. The Morgan fingerprint density at radius 3 is 2.83 bits per heavy atom. The summed E-state index contributed by atoms with van der Waals surface area (Å²) < 4.78 is 14.0. The fourth-order valence-electron chi connectivity index (χ4n) is 2.43. The smallest absolute Gasteiger partial charge is 0.139 e. The third kappa shape index (κ3) is 3.12. The third-order valence-corrected chi connectivity index (χ3v) is 5.22. The quantitative estimate of drug-likeness (QED) is 0.812. The maximum atomic E-state index is 13.5. The van der Waals surface area contributed by atoms with E-state index < -0.39 is 0 Å². The molecule has 3 N–H and O–H groups in total. The molecule has 2 nitrogen and oxygen atoms in total. The van der Waals surface area contributed by atoms with Crippen molar-refractivity contribution in [3.8, 4) is 0 Å². The molecule has 1 aliphatic rings. The molecular formula is C13H18BrFN2S. The molecule has 0 heterocycles. The average molecular weight is 333 g/mol. The van der Waals surface area contributed by atoms with Gasteiger partial charge in [-0.25, -0.2) is 4.39 Å². The fraction of sp³-hybridized carbons (Fsp3) is 0.538. The molecule has 1 saturated carbocycles. The molecular weight excluding hydrogens is 315 g/mol. The first-order valence-corrected chi connectivity index (χ1v) is 8.23. The van der Waals surface area contributed by atoms with Crippen molar-refractivity contribution in [3.63, 3.8) is 0 Å². The van der Waals surface area contributed by atoms with Crippen LogP contribution < -0.4 is 11.1 Å². The SMILES string of the molecule is CSC1CCCCC1Nc1cc(F)c(Br)cc1N. The molecule has 100 valence electrons. The largest absolute Gasteiger partial charge is 0.397 e. The lowest BCUT2D eigenvalue weighted by Gasteiger charge is -2.32. The molecule has 0 aliphatic heterocycles. The summed E-state index contributed by atoms with van der Waals surface area (Å²) in [7, 11) is 0. The van der Waals surface area contributed by atoms with Gasteiger partial charge in [0, 0.05) is 17.4 Å².